The number of allylic oxidation sites excluding steroid dienone is 2. The molecule has 1 aliphatic heterocycles. The van der Waals surface area contributed by atoms with E-state index in [1.165, 1.54) is 13.8 Å². The molecule has 0 saturated carbocycles. The monoisotopic (exact) mass is 947 g/mol. The maximum absolute atomic E-state index is 12.7. The van der Waals surface area contributed by atoms with Crippen molar-refractivity contribution in [3.8, 4) is 0 Å². The first kappa shape index (κ1) is 51.9. The van der Waals surface area contributed by atoms with E-state index in [4.69, 9.17) is 24.6 Å². The number of nitrogens with zero attached hydrogens (tertiary/aromatic N) is 4. The van der Waals surface area contributed by atoms with E-state index in [2.05, 4.69) is 47.6 Å². The number of carbonyl (C=O) groups excluding carboxylic acids is 3. The van der Waals surface area contributed by atoms with Crippen LogP contribution in [-0.4, -0.2) is 134 Å². The predicted octanol–water partition coefficient (Wildman–Crippen LogP) is 0.422. The number of aliphatic carboxylic acids is 1. The van der Waals surface area contributed by atoms with Gasteiger partial charge in [-0.1, -0.05) is 44.3 Å². The summed E-state index contributed by atoms with van der Waals surface area (Å²) < 4.78 is 62.1. The van der Waals surface area contributed by atoms with Gasteiger partial charge in [0.25, 0.3) is 0 Å². The van der Waals surface area contributed by atoms with Crippen LogP contribution in [0.25, 0.3) is 11.2 Å². The Balaban J connectivity index is 1.43. The Morgan fingerprint density at radius 1 is 1.00 bits per heavy atom. The Hall–Kier alpha value is -3.49. The number of carbonyl (C=O) groups is 4. The van der Waals surface area contributed by atoms with Crippen LogP contribution in [0.5, 0.6) is 0 Å². The Labute approximate surface area is 351 Å². The van der Waals surface area contributed by atoms with Gasteiger partial charge in [-0.05, 0) is 18.4 Å². The number of phosphoric ester groups is 3. The van der Waals surface area contributed by atoms with Gasteiger partial charge in [-0.25, -0.2) is 28.6 Å². The van der Waals surface area contributed by atoms with E-state index in [1.807, 2.05) is 0 Å². The van der Waals surface area contributed by atoms with Gasteiger partial charge in [-0.15, -0.1) is 0 Å². The van der Waals surface area contributed by atoms with Crippen LogP contribution < -0.4 is 16.4 Å². The Morgan fingerprint density at radius 3 is 2.33 bits per heavy atom. The molecule has 2 amide bonds. The fourth-order valence-electron chi connectivity index (χ4n) is 5.28. The molecule has 26 nitrogen and oxygen atoms in total. The van der Waals surface area contributed by atoms with Crippen molar-refractivity contribution in [2.75, 3.05) is 37.8 Å². The van der Waals surface area contributed by atoms with Gasteiger partial charge < -0.3 is 56.0 Å². The molecule has 0 radical (unpaired) electrons. The zero-order valence-electron chi connectivity index (χ0n) is 32.7. The van der Waals surface area contributed by atoms with E-state index >= 15 is 0 Å². The number of hydrogen-bond donors (Lipinski definition) is 10. The number of phosphoric acid groups is 3. The summed E-state index contributed by atoms with van der Waals surface area (Å²) in [6, 6.07) is 0. The van der Waals surface area contributed by atoms with Crippen molar-refractivity contribution >= 4 is 75.1 Å². The summed E-state index contributed by atoms with van der Waals surface area (Å²) in [6.45, 7) is 7.88. The average molecular weight is 948 g/mol. The first-order valence-electron chi connectivity index (χ1n) is 17.8. The smallest absolute Gasteiger partial charge is 0.481 e. The molecule has 7 unspecified atom stereocenters. The largest absolute Gasteiger partial charge is 0.481 e. The Kier molecular flexibility index (Phi) is 18.9. The highest BCUT2D eigenvalue weighted by Gasteiger charge is 2.50. The lowest BCUT2D eigenvalue weighted by atomic mass is 9.87. The fourth-order valence-corrected chi connectivity index (χ4v) is 8.81. The number of aliphatic hydroxyl groups is 2. The molecule has 0 aromatic carbocycles. The summed E-state index contributed by atoms with van der Waals surface area (Å²) >= 11 is 0.949. The lowest BCUT2D eigenvalue weighted by Gasteiger charge is -2.30. The Morgan fingerprint density at radius 2 is 1.67 bits per heavy atom. The van der Waals surface area contributed by atoms with Gasteiger partial charge in [0, 0.05) is 43.5 Å². The molecule has 0 spiro atoms. The minimum absolute atomic E-state index is 0.00635. The summed E-state index contributed by atoms with van der Waals surface area (Å²) in [5.74, 6) is -2.27. The number of nitrogens with one attached hydrogen (secondary N) is 2. The van der Waals surface area contributed by atoms with Crippen molar-refractivity contribution in [2.45, 2.75) is 76.6 Å². The zero-order chi connectivity index (χ0) is 45.9. The molecule has 3 heterocycles. The van der Waals surface area contributed by atoms with Crippen LogP contribution in [0, 0.1) is 5.41 Å². The first-order chi connectivity index (χ1) is 28.2. The van der Waals surface area contributed by atoms with Crippen LogP contribution in [0.2, 0.25) is 0 Å². The molecule has 0 aliphatic carbocycles. The van der Waals surface area contributed by atoms with Crippen molar-refractivity contribution in [1.29, 1.82) is 0 Å². The number of nitrogen functional groups attached to an aromatic ring is 1. The highest BCUT2D eigenvalue weighted by Crippen LogP contribution is 2.61. The topological polar surface area (TPSA) is 401 Å². The minimum Gasteiger partial charge on any atom is -0.481 e. The highest BCUT2D eigenvalue weighted by molar-refractivity contribution is 8.13. The molecule has 7 atom stereocenters. The third-order valence-electron chi connectivity index (χ3n) is 8.49. The van der Waals surface area contributed by atoms with Crippen molar-refractivity contribution in [3.63, 3.8) is 0 Å². The van der Waals surface area contributed by atoms with Gasteiger partial charge in [0.15, 0.2) is 22.8 Å². The van der Waals surface area contributed by atoms with Gasteiger partial charge in [-0.2, -0.15) is 4.31 Å². The van der Waals surface area contributed by atoms with Crippen LogP contribution in [-0.2, 0) is 55.5 Å². The second-order valence-electron chi connectivity index (χ2n) is 13.9. The molecule has 1 saturated heterocycles. The number of rotatable bonds is 26. The molecular weight excluding hydrogens is 899 g/mol. The lowest BCUT2D eigenvalue weighted by molar-refractivity contribution is -0.137. The second kappa shape index (κ2) is 22.2. The number of aromatic nitrogens is 4. The molecule has 11 N–H and O–H groups in total. The van der Waals surface area contributed by atoms with Gasteiger partial charge in [0.1, 0.15) is 36.3 Å². The summed E-state index contributed by atoms with van der Waals surface area (Å²) in [5, 5.41) is 34.9. The van der Waals surface area contributed by atoms with Gasteiger partial charge in [0.05, 0.1) is 19.5 Å². The summed E-state index contributed by atoms with van der Waals surface area (Å²) in [7, 11) is -16.5. The van der Waals surface area contributed by atoms with E-state index in [0.29, 0.717) is 24.0 Å². The number of aliphatic hydroxyl groups excluding tert-OH is 2. The minimum atomic E-state index is -5.59. The Bertz CT molecular complexity index is 2080. The molecule has 0 bridgehead atoms. The van der Waals surface area contributed by atoms with E-state index < -0.39 is 90.5 Å². The van der Waals surface area contributed by atoms with E-state index in [0.717, 1.165) is 29.0 Å². The predicted molar refractivity (Wildman–Crippen MR) is 211 cm³/mol. The molecule has 3 rings (SSSR count). The van der Waals surface area contributed by atoms with Gasteiger partial charge in [-0.3, -0.25) is 37.3 Å². The van der Waals surface area contributed by atoms with Crippen molar-refractivity contribution in [2.24, 2.45) is 5.41 Å². The zero-order valence-corrected chi connectivity index (χ0v) is 36.2. The highest BCUT2D eigenvalue weighted by atomic mass is 32.2. The van der Waals surface area contributed by atoms with Gasteiger partial charge >= 0.3 is 29.4 Å². The summed E-state index contributed by atoms with van der Waals surface area (Å²) in [5.41, 5.74) is 5.28. The van der Waals surface area contributed by atoms with E-state index in [1.54, 1.807) is 0 Å². The van der Waals surface area contributed by atoms with Crippen LogP contribution in [0.3, 0.4) is 0 Å². The number of anilines is 1. The number of nitrogens with two attached hydrogens (primary N) is 1. The number of thioether (sulfide) groups is 1. The quantitative estimate of drug-likeness (QED) is 0.0347. The number of carboxylic acids is 1. The number of ether oxygens (including phenoxy) is 1. The van der Waals surface area contributed by atoms with Crippen LogP contribution in [0.1, 0.15) is 52.2 Å². The first-order valence-corrected chi connectivity index (χ1v) is 23.3. The van der Waals surface area contributed by atoms with Crippen LogP contribution >= 0.6 is 35.2 Å². The molecular formula is C31H48N7O19P3S. The molecule has 2 aromatic heterocycles. The molecule has 30 heteroatoms. The van der Waals surface area contributed by atoms with Crippen LogP contribution in [0.15, 0.2) is 37.0 Å². The maximum atomic E-state index is 12.7. The molecule has 342 valence electrons. The lowest BCUT2D eigenvalue weighted by Crippen LogP contribution is -2.46. The third kappa shape index (κ3) is 16.6. The van der Waals surface area contributed by atoms with Gasteiger partial charge in [0.2, 0.25) is 11.8 Å². The number of hydrogen-bond acceptors (Lipinski definition) is 19. The normalized spacial score (nSPS) is 20.7. The molecule has 61 heavy (non-hydrogen) atoms. The van der Waals surface area contributed by atoms with E-state index in [9.17, 15) is 62.7 Å². The van der Waals surface area contributed by atoms with Crippen molar-refractivity contribution in [3.05, 3.63) is 37.0 Å². The van der Waals surface area contributed by atoms with E-state index in [-0.39, 0.29) is 60.2 Å². The van der Waals surface area contributed by atoms with Crippen molar-refractivity contribution < 1.29 is 90.4 Å². The molecule has 1 fully saturated rings. The van der Waals surface area contributed by atoms with Crippen molar-refractivity contribution in [1.82, 2.24) is 30.2 Å². The standard InChI is InChI=1S/C31H48N7O19P3S/c1-17(6-5-7-21(40)41)18(2)12-22(42)61-11-10-33-20(39)8-9-34-29(45)26(44)31(3,4)14-54-60(51,52)57-59(49,50)53-13-19-25(56-58(46,47)48)24(43)30(55-19)38-16-37-23-27(32)35-15-36-28(23)38/h15-16,19,24-26,30,43-44H,1-2,5-14H2,3-4H3,(H,33,39)(H,34,45)(H,40,41)(H,49,50)(H,51,52)(H2,32,35,36)(H2,46,47,48). The summed E-state index contributed by atoms with van der Waals surface area (Å²) in [4.78, 5) is 98.6. The SMILES string of the molecule is C=C(CCCC(=O)O)C(=C)CC(=O)SCCNC(=O)CCNC(=O)C(O)C(C)(C)COP(=O)(O)OP(=O)(O)OCC1OC(n2cnc3c(N)ncnc32)C(O)C1OP(=O)(O)O. The molecule has 1 aliphatic rings. The number of amides is 2. The average Bonchev–Trinajstić information content (AvgIpc) is 3.71. The molecule has 2 aromatic rings. The summed E-state index contributed by atoms with van der Waals surface area (Å²) in [6.07, 6.45) is -6.35. The third-order valence-corrected chi connectivity index (χ3v) is 12.5. The number of fused-ring (bicyclic) bond motifs is 1. The second-order valence-corrected chi connectivity index (χ2v) is 19.3. The number of carboxylic acid groups (broad SMARTS) is 1. The maximum Gasteiger partial charge on any atom is 0.481 e. The number of imidazole rings is 1. The fraction of sp³-hybridized carbons (Fsp3) is 0.581. The van der Waals surface area contributed by atoms with Crippen LogP contribution in [0.4, 0.5) is 5.82 Å².